The summed E-state index contributed by atoms with van der Waals surface area (Å²) in [5.41, 5.74) is -0.710. The minimum absolute atomic E-state index is 0.146. The Morgan fingerprint density at radius 3 is 2.35 bits per heavy atom. The van der Waals surface area contributed by atoms with Crippen LogP contribution < -0.4 is 5.32 Å². The average Bonchev–Trinajstić information content (AvgIpc) is 2.39. The van der Waals surface area contributed by atoms with Crippen LogP contribution in [0, 0.1) is 0 Å². The summed E-state index contributed by atoms with van der Waals surface area (Å²) in [7, 11) is 0. The molecule has 1 N–H and O–H groups in total. The minimum atomic E-state index is -4.50. The van der Waals surface area contributed by atoms with Crippen LogP contribution in [0.1, 0.15) is 16.2 Å². The summed E-state index contributed by atoms with van der Waals surface area (Å²) in [6.45, 7) is 0. The van der Waals surface area contributed by atoms with Crippen LogP contribution in [0.2, 0.25) is 0 Å². The number of alkyl halides is 3. The quantitative estimate of drug-likeness (QED) is 0.906. The molecule has 2 rings (SSSR count). The van der Waals surface area contributed by atoms with Gasteiger partial charge in [0.1, 0.15) is 11.4 Å². The lowest BCUT2D eigenvalue weighted by Crippen LogP contribution is -2.14. The van der Waals surface area contributed by atoms with Crippen LogP contribution in [-0.4, -0.2) is 15.9 Å². The molecule has 0 bridgehead atoms. The maximum atomic E-state index is 12.3. The molecule has 0 saturated heterocycles. The van der Waals surface area contributed by atoms with Crippen LogP contribution in [0.5, 0.6) is 0 Å². The molecule has 8 heteroatoms. The van der Waals surface area contributed by atoms with Crippen molar-refractivity contribution in [1.29, 1.82) is 0 Å². The van der Waals surface area contributed by atoms with Gasteiger partial charge in [-0.2, -0.15) is 13.2 Å². The van der Waals surface area contributed by atoms with Crippen LogP contribution in [0.4, 0.5) is 18.9 Å². The number of pyridine rings is 2. The second-order valence-corrected chi connectivity index (χ2v) is 4.66. The van der Waals surface area contributed by atoms with Crippen molar-refractivity contribution >= 4 is 27.5 Å². The molecule has 104 valence electrons. The van der Waals surface area contributed by atoms with E-state index in [1.807, 2.05) is 0 Å². The summed E-state index contributed by atoms with van der Waals surface area (Å²) >= 11 is 3.18. The van der Waals surface area contributed by atoms with Gasteiger partial charge in [-0.25, -0.2) is 9.97 Å². The molecule has 4 nitrogen and oxygen atoms in total. The molecule has 2 aromatic rings. The van der Waals surface area contributed by atoms with Gasteiger partial charge in [-0.15, -0.1) is 0 Å². The number of halogens is 4. The molecule has 2 aromatic heterocycles. The number of hydrogen-bond donors (Lipinski definition) is 1. The molecule has 0 fully saturated rings. The van der Waals surface area contributed by atoms with Gasteiger partial charge >= 0.3 is 6.18 Å². The molecule has 0 radical (unpaired) electrons. The number of nitrogens with zero attached hydrogens (tertiary/aromatic N) is 2. The number of anilines is 1. The molecular weight excluding hydrogens is 339 g/mol. The van der Waals surface area contributed by atoms with Crippen LogP contribution in [-0.2, 0) is 6.18 Å². The van der Waals surface area contributed by atoms with Gasteiger partial charge in [-0.1, -0.05) is 0 Å². The van der Waals surface area contributed by atoms with Crippen molar-refractivity contribution in [2.24, 2.45) is 0 Å². The highest BCUT2D eigenvalue weighted by molar-refractivity contribution is 9.10. The monoisotopic (exact) mass is 345 g/mol. The van der Waals surface area contributed by atoms with Crippen molar-refractivity contribution in [3.8, 4) is 0 Å². The first-order valence-electron chi connectivity index (χ1n) is 5.32. The van der Waals surface area contributed by atoms with Crippen molar-refractivity contribution in [3.05, 3.63) is 52.5 Å². The molecule has 0 saturated carbocycles. The molecule has 0 unspecified atom stereocenters. The number of carbonyl (C=O) groups excluding carboxylic acids is 1. The van der Waals surface area contributed by atoms with Crippen LogP contribution in [0.3, 0.4) is 0 Å². The highest BCUT2D eigenvalue weighted by atomic mass is 79.9. The van der Waals surface area contributed by atoms with Gasteiger partial charge < -0.3 is 5.32 Å². The zero-order valence-corrected chi connectivity index (χ0v) is 11.4. The van der Waals surface area contributed by atoms with Gasteiger partial charge in [0.05, 0.1) is 11.9 Å². The Labute approximate surface area is 120 Å². The number of rotatable bonds is 2. The molecular formula is C12H7BrF3N3O. The van der Waals surface area contributed by atoms with Crippen molar-refractivity contribution < 1.29 is 18.0 Å². The molecule has 0 atom stereocenters. The lowest BCUT2D eigenvalue weighted by atomic mass is 10.3. The van der Waals surface area contributed by atoms with Crippen molar-refractivity contribution in [2.75, 3.05) is 5.32 Å². The largest absolute Gasteiger partial charge is 0.433 e. The van der Waals surface area contributed by atoms with Crippen molar-refractivity contribution in [2.45, 2.75) is 6.18 Å². The van der Waals surface area contributed by atoms with Gasteiger partial charge in [0.25, 0.3) is 5.91 Å². The molecule has 0 aliphatic rings. The van der Waals surface area contributed by atoms with E-state index in [0.717, 1.165) is 18.3 Å². The zero-order valence-electron chi connectivity index (χ0n) is 9.78. The Balaban J connectivity index is 2.10. The summed E-state index contributed by atoms with van der Waals surface area (Å²) < 4.78 is 37.7. The Morgan fingerprint density at radius 1 is 1.10 bits per heavy atom. The second-order valence-electron chi connectivity index (χ2n) is 3.75. The number of aromatic nitrogens is 2. The Bertz CT molecular complexity index is 611. The number of nitrogens with one attached hydrogen (secondary N) is 1. The average molecular weight is 346 g/mol. The Morgan fingerprint density at radius 2 is 1.85 bits per heavy atom. The van der Waals surface area contributed by atoms with Gasteiger partial charge in [0.15, 0.2) is 0 Å². The summed E-state index contributed by atoms with van der Waals surface area (Å²) in [5, 5.41) is 2.41. The third-order valence-electron chi connectivity index (χ3n) is 2.27. The Kier molecular flexibility index (Phi) is 4.03. The van der Waals surface area contributed by atoms with E-state index in [9.17, 15) is 18.0 Å². The number of carbonyl (C=O) groups is 1. The first kappa shape index (κ1) is 14.4. The zero-order chi connectivity index (χ0) is 14.8. The summed E-state index contributed by atoms with van der Waals surface area (Å²) in [4.78, 5) is 18.9. The predicted molar refractivity (Wildman–Crippen MR) is 69.1 cm³/mol. The number of hydrogen-bond acceptors (Lipinski definition) is 3. The smallest absolute Gasteiger partial charge is 0.319 e. The third kappa shape index (κ3) is 3.53. The van der Waals surface area contributed by atoms with E-state index in [4.69, 9.17) is 0 Å². The predicted octanol–water partition coefficient (Wildman–Crippen LogP) is 3.51. The van der Waals surface area contributed by atoms with E-state index >= 15 is 0 Å². The fourth-order valence-corrected chi connectivity index (χ4v) is 1.58. The molecule has 0 aromatic carbocycles. The second kappa shape index (κ2) is 5.58. The topological polar surface area (TPSA) is 54.9 Å². The normalized spacial score (nSPS) is 11.2. The van der Waals surface area contributed by atoms with E-state index in [2.05, 4.69) is 31.2 Å². The summed E-state index contributed by atoms with van der Waals surface area (Å²) in [6.07, 6.45) is -2.12. The SMILES string of the molecule is O=C(Nc1ccc(C(F)(F)F)nc1)c1ccc(Br)cn1. The van der Waals surface area contributed by atoms with E-state index in [1.54, 1.807) is 6.07 Å². The van der Waals surface area contributed by atoms with Crippen molar-refractivity contribution in [3.63, 3.8) is 0 Å². The van der Waals surface area contributed by atoms with E-state index in [-0.39, 0.29) is 11.4 Å². The van der Waals surface area contributed by atoms with Gasteiger partial charge in [-0.05, 0) is 40.2 Å². The van der Waals surface area contributed by atoms with Crippen molar-refractivity contribution in [1.82, 2.24) is 9.97 Å². The van der Waals surface area contributed by atoms with E-state index in [0.29, 0.717) is 4.47 Å². The first-order chi connectivity index (χ1) is 9.36. The van der Waals surface area contributed by atoms with Crippen LogP contribution in [0.25, 0.3) is 0 Å². The minimum Gasteiger partial charge on any atom is -0.319 e. The molecule has 20 heavy (non-hydrogen) atoms. The maximum Gasteiger partial charge on any atom is 0.433 e. The fourth-order valence-electron chi connectivity index (χ4n) is 1.34. The fraction of sp³-hybridized carbons (Fsp3) is 0.0833. The standard InChI is InChI=1S/C12H7BrF3N3O/c13-7-1-3-9(17-5-7)11(20)19-8-2-4-10(18-6-8)12(14,15)16/h1-6H,(H,19,20). The highest BCUT2D eigenvalue weighted by Crippen LogP contribution is 2.27. The molecule has 0 spiro atoms. The third-order valence-corrected chi connectivity index (χ3v) is 2.74. The molecule has 1 amide bonds. The van der Waals surface area contributed by atoms with Crippen LogP contribution >= 0.6 is 15.9 Å². The number of amides is 1. The maximum absolute atomic E-state index is 12.3. The van der Waals surface area contributed by atoms with Crippen LogP contribution in [0.15, 0.2) is 41.1 Å². The van der Waals surface area contributed by atoms with Gasteiger partial charge in [0, 0.05) is 10.7 Å². The highest BCUT2D eigenvalue weighted by Gasteiger charge is 2.32. The summed E-state index contributed by atoms with van der Waals surface area (Å²) in [6, 6.07) is 5.04. The summed E-state index contributed by atoms with van der Waals surface area (Å²) in [5.74, 6) is -0.529. The first-order valence-corrected chi connectivity index (χ1v) is 6.12. The van der Waals surface area contributed by atoms with E-state index in [1.165, 1.54) is 12.3 Å². The molecule has 0 aliphatic carbocycles. The lowest BCUT2D eigenvalue weighted by Gasteiger charge is -2.07. The van der Waals surface area contributed by atoms with Gasteiger partial charge in [-0.3, -0.25) is 4.79 Å². The van der Waals surface area contributed by atoms with Gasteiger partial charge in [0.2, 0.25) is 0 Å². The Hall–Kier alpha value is -1.96. The van der Waals surface area contributed by atoms with E-state index < -0.39 is 17.8 Å². The molecule has 0 aliphatic heterocycles. The molecule has 2 heterocycles. The lowest BCUT2D eigenvalue weighted by molar-refractivity contribution is -0.141.